The van der Waals surface area contributed by atoms with Gasteiger partial charge in [0.2, 0.25) is 0 Å². The van der Waals surface area contributed by atoms with Gasteiger partial charge in [0.15, 0.2) is 0 Å². The van der Waals surface area contributed by atoms with E-state index in [0.29, 0.717) is 12.8 Å². The Morgan fingerprint density at radius 1 is 1.32 bits per heavy atom. The van der Waals surface area contributed by atoms with Gasteiger partial charge in [0, 0.05) is 19.1 Å². The molecule has 1 heterocycles. The van der Waals surface area contributed by atoms with Crippen LogP contribution >= 0.6 is 0 Å². The molecule has 1 aromatic carbocycles. The molecule has 0 aromatic heterocycles. The molecular formula is C14H16F4N2O2. The number of phenols is 1. The first-order valence-corrected chi connectivity index (χ1v) is 6.84. The maximum atomic E-state index is 13.5. The molecule has 1 saturated heterocycles. The Balaban J connectivity index is 1.90. The summed E-state index contributed by atoms with van der Waals surface area (Å²) < 4.78 is 50.4. The number of aromatic hydroxyl groups is 1. The van der Waals surface area contributed by atoms with Gasteiger partial charge in [0.25, 0.3) is 5.91 Å². The summed E-state index contributed by atoms with van der Waals surface area (Å²) in [6, 6.07) is 3.19. The van der Waals surface area contributed by atoms with Gasteiger partial charge in [0.05, 0.1) is 6.54 Å². The minimum atomic E-state index is -4.24. The van der Waals surface area contributed by atoms with Crippen LogP contribution in [0.5, 0.6) is 5.75 Å². The van der Waals surface area contributed by atoms with Crippen LogP contribution in [0.1, 0.15) is 23.2 Å². The number of likely N-dealkylation sites (tertiary alicyclic amines) is 1. The highest BCUT2D eigenvalue weighted by molar-refractivity contribution is 5.97. The number of nitrogens with zero attached hydrogens (tertiary/aromatic N) is 1. The van der Waals surface area contributed by atoms with E-state index in [1.54, 1.807) is 0 Å². The van der Waals surface area contributed by atoms with E-state index in [4.69, 9.17) is 0 Å². The molecular weight excluding hydrogens is 304 g/mol. The summed E-state index contributed by atoms with van der Waals surface area (Å²) in [4.78, 5) is 13.2. The largest absolute Gasteiger partial charge is 0.507 e. The number of benzene rings is 1. The second-order valence-electron chi connectivity index (χ2n) is 5.27. The Bertz CT molecular complexity index is 520. The molecule has 0 saturated carbocycles. The molecule has 0 bridgehead atoms. The van der Waals surface area contributed by atoms with Crippen molar-refractivity contribution in [3.05, 3.63) is 29.6 Å². The van der Waals surface area contributed by atoms with E-state index in [1.165, 1.54) is 17.0 Å². The first-order valence-electron chi connectivity index (χ1n) is 6.84. The van der Waals surface area contributed by atoms with E-state index in [2.05, 4.69) is 5.32 Å². The molecule has 4 nitrogen and oxygen atoms in total. The van der Waals surface area contributed by atoms with Crippen LogP contribution in [0.2, 0.25) is 0 Å². The fraction of sp³-hybridized carbons (Fsp3) is 0.500. The number of hydrogen-bond donors (Lipinski definition) is 2. The molecule has 0 atom stereocenters. The lowest BCUT2D eigenvalue weighted by molar-refractivity contribution is -0.148. The van der Waals surface area contributed by atoms with Gasteiger partial charge in [-0.2, -0.15) is 13.2 Å². The Morgan fingerprint density at radius 2 is 1.95 bits per heavy atom. The van der Waals surface area contributed by atoms with Crippen LogP contribution in [-0.2, 0) is 0 Å². The molecule has 2 N–H and O–H groups in total. The van der Waals surface area contributed by atoms with E-state index in [0.717, 1.165) is 6.07 Å². The molecule has 1 fully saturated rings. The molecule has 8 heteroatoms. The highest BCUT2D eigenvalue weighted by Crippen LogP contribution is 2.22. The number of nitrogens with one attached hydrogen (secondary N) is 1. The van der Waals surface area contributed by atoms with Gasteiger partial charge < -0.3 is 10.4 Å². The third kappa shape index (κ3) is 4.33. The number of alkyl halides is 3. The molecule has 1 aromatic rings. The maximum absolute atomic E-state index is 13.5. The summed E-state index contributed by atoms with van der Waals surface area (Å²) in [5, 5.41) is 12.1. The maximum Gasteiger partial charge on any atom is 0.401 e. The Morgan fingerprint density at radius 3 is 2.50 bits per heavy atom. The van der Waals surface area contributed by atoms with Crippen molar-refractivity contribution < 1.29 is 27.5 Å². The lowest BCUT2D eigenvalue weighted by atomic mass is 10.0. The molecule has 0 aliphatic carbocycles. The molecule has 1 aliphatic heterocycles. The lowest BCUT2D eigenvalue weighted by Gasteiger charge is -2.32. The number of rotatable bonds is 3. The summed E-state index contributed by atoms with van der Waals surface area (Å²) in [6.07, 6.45) is -3.55. The molecule has 0 unspecified atom stereocenters. The van der Waals surface area contributed by atoms with E-state index >= 15 is 0 Å². The van der Waals surface area contributed by atoms with Crippen molar-refractivity contribution in [1.29, 1.82) is 0 Å². The summed E-state index contributed by atoms with van der Waals surface area (Å²) >= 11 is 0. The summed E-state index contributed by atoms with van der Waals surface area (Å²) in [7, 11) is 0. The van der Waals surface area contributed by atoms with Gasteiger partial charge in [-0.25, -0.2) is 4.39 Å². The standard InChI is InChI=1S/C14H16F4N2O2/c15-10-2-1-3-11(21)12(10)13(22)19-9-4-6-20(7-5-9)8-14(16,17)18/h1-3,9,21H,4-8H2,(H,19,22). The minimum absolute atomic E-state index is 0.202. The molecule has 1 amide bonds. The summed E-state index contributed by atoms with van der Waals surface area (Å²) in [5.41, 5.74) is -0.444. The number of halogens is 4. The highest BCUT2D eigenvalue weighted by atomic mass is 19.4. The third-order valence-corrected chi connectivity index (χ3v) is 3.54. The second kappa shape index (κ2) is 6.51. The van der Waals surface area contributed by atoms with Crippen LogP contribution in [0.15, 0.2) is 18.2 Å². The molecule has 122 valence electrons. The van der Waals surface area contributed by atoms with Crippen molar-refractivity contribution in [3.8, 4) is 5.75 Å². The summed E-state index contributed by atoms with van der Waals surface area (Å²) in [6.45, 7) is -0.566. The van der Waals surface area contributed by atoms with E-state index in [9.17, 15) is 27.5 Å². The van der Waals surface area contributed by atoms with Crippen molar-refractivity contribution >= 4 is 5.91 Å². The minimum Gasteiger partial charge on any atom is -0.507 e. The number of phenolic OH excluding ortho intramolecular Hbond substituents is 1. The predicted octanol–water partition coefficient (Wildman–Crippen LogP) is 2.29. The first kappa shape index (κ1) is 16.5. The normalized spacial score (nSPS) is 17.5. The Hall–Kier alpha value is -1.83. The number of carbonyl (C=O) groups excluding carboxylic acids is 1. The zero-order valence-corrected chi connectivity index (χ0v) is 11.7. The smallest absolute Gasteiger partial charge is 0.401 e. The fourth-order valence-electron chi connectivity index (χ4n) is 2.48. The molecule has 22 heavy (non-hydrogen) atoms. The average Bonchev–Trinajstić information content (AvgIpc) is 2.39. The zero-order valence-electron chi connectivity index (χ0n) is 11.7. The van der Waals surface area contributed by atoms with Crippen LogP contribution in [0, 0.1) is 5.82 Å². The Labute approximate surface area is 124 Å². The molecule has 2 rings (SSSR count). The van der Waals surface area contributed by atoms with Gasteiger partial charge in [-0.05, 0) is 25.0 Å². The lowest BCUT2D eigenvalue weighted by Crippen LogP contribution is -2.47. The average molecular weight is 320 g/mol. The second-order valence-corrected chi connectivity index (χ2v) is 5.27. The van der Waals surface area contributed by atoms with Gasteiger partial charge in [-0.1, -0.05) is 6.07 Å². The van der Waals surface area contributed by atoms with E-state index in [1.807, 2.05) is 0 Å². The third-order valence-electron chi connectivity index (χ3n) is 3.54. The van der Waals surface area contributed by atoms with Crippen molar-refractivity contribution in [2.24, 2.45) is 0 Å². The molecule has 0 spiro atoms. The zero-order chi connectivity index (χ0) is 16.3. The fourth-order valence-corrected chi connectivity index (χ4v) is 2.48. The van der Waals surface area contributed by atoms with E-state index < -0.39 is 35.8 Å². The van der Waals surface area contributed by atoms with Crippen LogP contribution in [-0.4, -0.2) is 47.8 Å². The van der Waals surface area contributed by atoms with Gasteiger partial charge in [-0.15, -0.1) is 0 Å². The summed E-state index contributed by atoms with van der Waals surface area (Å²) in [5.74, 6) is -2.07. The van der Waals surface area contributed by atoms with Crippen molar-refractivity contribution in [2.75, 3.05) is 19.6 Å². The van der Waals surface area contributed by atoms with Crippen LogP contribution < -0.4 is 5.32 Å². The monoisotopic (exact) mass is 320 g/mol. The van der Waals surface area contributed by atoms with Gasteiger partial charge in [-0.3, -0.25) is 9.69 Å². The SMILES string of the molecule is O=C(NC1CCN(CC(F)(F)F)CC1)c1c(O)cccc1F. The van der Waals surface area contributed by atoms with Crippen LogP contribution in [0.3, 0.4) is 0 Å². The van der Waals surface area contributed by atoms with Gasteiger partial charge >= 0.3 is 6.18 Å². The van der Waals surface area contributed by atoms with Crippen LogP contribution in [0.4, 0.5) is 17.6 Å². The molecule has 1 aliphatic rings. The number of piperidine rings is 1. The topological polar surface area (TPSA) is 52.6 Å². The van der Waals surface area contributed by atoms with Gasteiger partial charge in [0.1, 0.15) is 17.1 Å². The van der Waals surface area contributed by atoms with Crippen molar-refractivity contribution in [3.63, 3.8) is 0 Å². The van der Waals surface area contributed by atoms with Crippen molar-refractivity contribution in [1.82, 2.24) is 10.2 Å². The molecule has 0 radical (unpaired) electrons. The first-order chi connectivity index (χ1) is 10.3. The number of carbonyl (C=O) groups is 1. The quantitative estimate of drug-likeness (QED) is 0.840. The van der Waals surface area contributed by atoms with Crippen LogP contribution in [0.25, 0.3) is 0 Å². The van der Waals surface area contributed by atoms with E-state index in [-0.39, 0.29) is 19.1 Å². The van der Waals surface area contributed by atoms with Crippen molar-refractivity contribution in [2.45, 2.75) is 25.1 Å². The Kier molecular flexibility index (Phi) is 4.90. The highest BCUT2D eigenvalue weighted by Gasteiger charge is 2.33. The number of amides is 1. The number of hydrogen-bond acceptors (Lipinski definition) is 3. The predicted molar refractivity (Wildman–Crippen MR) is 71.0 cm³/mol.